The molecule has 0 aliphatic rings. The lowest BCUT2D eigenvalue weighted by molar-refractivity contribution is -0.887. The van der Waals surface area contributed by atoms with Gasteiger partial charge in [-0.25, -0.2) is 4.79 Å². The fourth-order valence-electron chi connectivity index (χ4n) is 3.81. The number of nitrogens with zero attached hydrogens (tertiary/aromatic N) is 1. The standard InChI is InChI=1S/C28H51NO7/c1-6-7-8-9-10-11-12-13-14-15-16-17-18-19-27(31)36-25(23-35-24(2)30)22-34-21-20-26(28(32)33)29(3,4)5/h11-12,25-26H,6-10,13-23H2,1-5H3/p+1/b12-11-. The molecule has 0 aromatic heterocycles. The number of carbonyl (C=O) groups is 3. The Hall–Kier alpha value is -1.93. The molecule has 1 N–H and O–H groups in total. The average molecular weight is 515 g/mol. The first-order valence-electron chi connectivity index (χ1n) is 13.7. The topological polar surface area (TPSA) is 99.1 Å². The van der Waals surface area contributed by atoms with Crippen LogP contribution >= 0.6 is 0 Å². The van der Waals surface area contributed by atoms with Crippen LogP contribution in [-0.2, 0) is 28.6 Å². The number of aliphatic carboxylic acids is 1. The third-order valence-electron chi connectivity index (χ3n) is 5.97. The molecule has 2 atom stereocenters. The Labute approximate surface area is 218 Å². The molecule has 0 spiro atoms. The highest BCUT2D eigenvalue weighted by Crippen LogP contribution is 2.11. The number of carboxylic acids is 1. The molecule has 0 saturated carbocycles. The zero-order valence-electron chi connectivity index (χ0n) is 23.5. The Morgan fingerprint density at radius 3 is 2.00 bits per heavy atom. The van der Waals surface area contributed by atoms with E-state index in [1.54, 1.807) is 0 Å². The van der Waals surface area contributed by atoms with E-state index in [0.717, 1.165) is 32.1 Å². The van der Waals surface area contributed by atoms with Crippen molar-refractivity contribution in [2.75, 3.05) is 41.0 Å². The molecule has 0 aliphatic heterocycles. The monoisotopic (exact) mass is 514 g/mol. The van der Waals surface area contributed by atoms with Gasteiger partial charge in [0.1, 0.15) is 6.61 Å². The first-order chi connectivity index (χ1) is 17.1. The Morgan fingerprint density at radius 1 is 0.861 bits per heavy atom. The summed E-state index contributed by atoms with van der Waals surface area (Å²) in [7, 11) is 5.45. The summed E-state index contributed by atoms with van der Waals surface area (Å²) in [5.41, 5.74) is 0. The molecular formula is C28H52NO7+. The van der Waals surface area contributed by atoms with Crippen LogP contribution in [0, 0.1) is 0 Å². The molecule has 210 valence electrons. The minimum absolute atomic E-state index is 0.0502. The molecule has 0 bridgehead atoms. The summed E-state index contributed by atoms with van der Waals surface area (Å²) in [6.07, 6.45) is 17.2. The van der Waals surface area contributed by atoms with Crippen molar-refractivity contribution in [2.24, 2.45) is 0 Å². The molecule has 36 heavy (non-hydrogen) atoms. The summed E-state index contributed by atoms with van der Waals surface area (Å²) >= 11 is 0. The maximum Gasteiger partial charge on any atom is 0.362 e. The van der Waals surface area contributed by atoms with Crippen LogP contribution in [-0.4, -0.2) is 80.6 Å². The molecule has 0 aromatic carbocycles. The number of carboxylic acid groups (broad SMARTS) is 1. The van der Waals surface area contributed by atoms with Crippen LogP contribution in [0.15, 0.2) is 12.2 Å². The van der Waals surface area contributed by atoms with Gasteiger partial charge in [0, 0.05) is 19.8 Å². The third kappa shape index (κ3) is 20.3. The highest BCUT2D eigenvalue weighted by Gasteiger charge is 2.31. The first-order valence-corrected chi connectivity index (χ1v) is 13.7. The third-order valence-corrected chi connectivity index (χ3v) is 5.97. The van der Waals surface area contributed by atoms with Gasteiger partial charge in [-0.05, 0) is 32.1 Å². The van der Waals surface area contributed by atoms with E-state index < -0.39 is 24.1 Å². The van der Waals surface area contributed by atoms with Gasteiger partial charge in [0.25, 0.3) is 0 Å². The number of carbonyl (C=O) groups excluding carboxylic acids is 2. The fourth-order valence-corrected chi connectivity index (χ4v) is 3.81. The maximum absolute atomic E-state index is 12.3. The van der Waals surface area contributed by atoms with Crippen LogP contribution in [0.4, 0.5) is 0 Å². The zero-order valence-corrected chi connectivity index (χ0v) is 23.5. The van der Waals surface area contributed by atoms with Crippen molar-refractivity contribution in [1.29, 1.82) is 0 Å². The summed E-state index contributed by atoms with van der Waals surface area (Å²) in [6.45, 7) is 3.70. The molecule has 0 amide bonds. The van der Waals surface area contributed by atoms with Gasteiger partial charge in [-0.1, -0.05) is 57.6 Å². The van der Waals surface area contributed by atoms with Crippen molar-refractivity contribution in [2.45, 2.75) is 109 Å². The molecule has 0 radical (unpaired) electrons. The lowest BCUT2D eigenvalue weighted by atomic mass is 10.1. The highest BCUT2D eigenvalue weighted by molar-refractivity contribution is 5.72. The molecule has 0 fully saturated rings. The van der Waals surface area contributed by atoms with Crippen LogP contribution in [0.1, 0.15) is 97.3 Å². The summed E-state index contributed by atoms with van der Waals surface area (Å²) in [5, 5.41) is 9.40. The fraction of sp³-hybridized carbons (Fsp3) is 0.821. The molecule has 0 rings (SSSR count). The van der Waals surface area contributed by atoms with Crippen LogP contribution in [0.5, 0.6) is 0 Å². The molecule has 0 saturated heterocycles. The maximum atomic E-state index is 12.3. The predicted molar refractivity (Wildman–Crippen MR) is 142 cm³/mol. The van der Waals surface area contributed by atoms with Crippen molar-refractivity contribution < 1.29 is 38.2 Å². The SMILES string of the molecule is CCCCCC/C=C\CCCCCCCC(=O)OC(COCCC(C(=O)O)[N+](C)(C)C)COC(C)=O. The van der Waals surface area contributed by atoms with Crippen LogP contribution in [0.25, 0.3) is 0 Å². The van der Waals surface area contributed by atoms with E-state index in [-0.39, 0.29) is 30.3 Å². The van der Waals surface area contributed by atoms with Crippen LogP contribution in [0.2, 0.25) is 0 Å². The van der Waals surface area contributed by atoms with E-state index in [9.17, 15) is 19.5 Å². The summed E-state index contributed by atoms with van der Waals surface area (Å²) in [6, 6.07) is -0.606. The van der Waals surface area contributed by atoms with Gasteiger partial charge in [0.05, 0.1) is 34.4 Å². The number of quaternary nitrogens is 1. The molecule has 0 aliphatic carbocycles. The second kappa shape index (κ2) is 21.2. The highest BCUT2D eigenvalue weighted by atomic mass is 16.6. The zero-order chi connectivity index (χ0) is 27.2. The predicted octanol–water partition coefficient (Wildman–Crippen LogP) is 5.28. The average Bonchev–Trinajstić information content (AvgIpc) is 2.78. The number of ether oxygens (including phenoxy) is 3. The Balaban J connectivity index is 4.11. The molecule has 0 aromatic rings. The van der Waals surface area contributed by atoms with E-state index >= 15 is 0 Å². The van der Waals surface area contributed by atoms with E-state index in [4.69, 9.17) is 14.2 Å². The van der Waals surface area contributed by atoms with Gasteiger partial charge in [-0.2, -0.15) is 0 Å². The second-order valence-corrected chi connectivity index (χ2v) is 10.4. The lowest BCUT2D eigenvalue weighted by Gasteiger charge is -2.31. The van der Waals surface area contributed by atoms with Gasteiger partial charge >= 0.3 is 17.9 Å². The molecule has 2 unspecified atom stereocenters. The first kappa shape index (κ1) is 34.1. The number of hydrogen-bond acceptors (Lipinski definition) is 6. The Morgan fingerprint density at radius 2 is 1.44 bits per heavy atom. The van der Waals surface area contributed by atoms with Crippen molar-refractivity contribution in [3.05, 3.63) is 12.2 Å². The number of rotatable bonds is 23. The Bertz CT molecular complexity index is 628. The number of unbranched alkanes of at least 4 members (excludes halogenated alkanes) is 9. The van der Waals surface area contributed by atoms with E-state index in [1.807, 2.05) is 21.1 Å². The molecular weight excluding hydrogens is 462 g/mol. The minimum atomic E-state index is -0.886. The van der Waals surface area contributed by atoms with E-state index in [0.29, 0.717) is 12.8 Å². The Kier molecular flexibility index (Phi) is 20.0. The summed E-state index contributed by atoms with van der Waals surface area (Å²) in [5.74, 6) is -1.68. The minimum Gasteiger partial charge on any atom is -0.477 e. The number of allylic oxidation sites excluding steroid dienone is 2. The molecule has 0 heterocycles. The van der Waals surface area contributed by atoms with Gasteiger partial charge in [-0.15, -0.1) is 0 Å². The van der Waals surface area contributed by atoms with Gasteiger partial charge in [0.15, 0.2) is 12.1 Å². The number of hydrogen-bond donors (Lipinski definition) is 1. The van der Waals surface area contributed by atoms with E-state index in [1.165, 1.54) is 45.4 Å². The summed E-state index contributed by atoms with van der Waals surface area (Å²) < 4.78 is 16.3. The van der Waals surface area contributed by atoms with Crippen molar-refractivity contribution in [3.63, 3.8) is 0 Å². The lowest BCUT2D eigenvalue weighted by Crippen LogP contribution is -2.50. The molecule has 8 heteroatoms. The van der Waals surface area contributed by atoms with E-state index in [2.05, 4.69) is 19.1 Å². The normalized spacial score (nSPS) is 13.5. The van der Waals surface area contributed by atoms with Gasteiger partial charge < -0.3 is 23.8 Å². The smallest absolute Gasteiger partial charge is 0.362 e. The largest absolute Gasteiger partial charge is 0.477 e. The molecule has 8 nitrogen and oxygen atoms in total. The summed E-state index contributed by atoms with van der Waals surface area (Å²) in [4.78, 5) is 34.9. The van der Waals surface area contributed by atoms with Crippen LogP contribution in [0.3, 0.4) is 0 Å². The number of esters is 2. The van der Waals surface area contributed by atoms with Crippen molar-refractivity contribution in [3.8, 4) is 0 Å². The van der Waals surface area contributed by atoms with Crippen LogP contribution < -0.4 is 0 Å². The quantitative estimate of drug-likeness (QED) is 0.0856. The van der Waals surface area contributed by atoms with Gasteiger partial charge in [-0.3, -0.25) is 9.59 Å². The number of likely N-dealkylation sites (N-methyl/N-ethyl adjacent to an activating group) is 1. The van der Waals surface area contributed by atoms with Crippen molar-refractivity contribution in [1.82, 2.24) is 0 Å². The van der Waals surface area contributed by atoms with Gasteiger partial charge in [0.2, 0.25) is 0 Å². The second-order valence-electron chi connectivity index (χ2n) is 10.4. The van der Waals surface area contributed by atoms with Crippen molar-refractivity contribution >= 4 is 17.9 Å².